The highest BCUT2D eigenvalue weighted by atomic mass is 16.5. The molecule has 0 bridgehead atoms. The maximum Gasteiger partial charge on any atom is 0.308 e. The van der Waals surface area contributed by atoms with Crippen molar-refractivity contribution in [2.45, 2.75) is 6.92 Å². The van der Waals surface area contributed by atoms with Gasteiger partial charge in [0.1, 0.15) is 5.76 Å². The highest BCUT2D eigenvalue weighted by molar-refractivity contribution is 5.76. The van der Waals surface area contributed by atoms with Crippen LogP contribution >= 0.6 is 0 Å². The number of hydrogen-bond donors (Lipinski definition) is 0. The van der Waals surface area contributed by atoms with Gasteiger partial charge in [0.05, 0.1) is 0 Å². The van der Waals surface area contributed by atoms with Gasteiger partial charge in [0.15, 0.2) is 0 Å². The van der Waals surface area contributed by atoms with Gasteiger partial charge < -0.3 is 4.74 Å². The molecular formula is C10H9N3O2. The van der Waals surface area contributed by atoms with Crippen molar-refractivity contribution in [3.63, 3.8) is 0 Å². The van der Waals surface area contributed by atoms with Crippen LogP contribution in [0, 0.1) is 0 Å². The van der Waals surface area contributed by atoms with E-state index in [4.69, 9.17) is 10.3 Å². The molecule has 0 aliphatic heterocycles. The first-order valence-corrected chi connectivity index (χ1v) is 4.22. The summed E-state index contributed by atoms with van der Waals surface area (Å²) in [5, 5.41) is 3.24. The summed E-state index contributed by atoms with van der Waals surface area (Å²) in [7, 11) is 0. The Bertz CT molecular complexity index is 420. The molecule has 0 aromatic heterocycles. The Morgan fingerprint density at radius 1 is 1.47 bits per heavy atom. The van der Waals surface area contributed by atoms with Gasteiger partial charge in [-0.3, -0.25) is 4.79 Å². The summed E-state index contributed by atoms with van der Waals surface area (Å²) in [6.07, 6.45) is 1.16. The minimum absolute atomic E-state index is 0.237. The standard InChI is InChI=1S/C10H9N3O2/c1-8(14)15-10(7-12-13-11)9-5-3-2-4-6-9/h2-7H,1H3/b10-7-. The van der Waals surface area contributed by atoms with Crippen molar-refractivity contribution in [1.29, 1.82) is 0 Å². The van der Waals surface area contributed by atoms with Crippen LogP contribution in [-0.2, 0) is 9.53 Å². The summed E-state index contributed by atoms with van der Waals surface area (Å²) in [6.45, 7) is 1.28. The minimum Gasteiger partial charge on any atom is -0.426 e. The van der Waals surface area contributed by atoms with E-state index in [0.717, 1.165) is 6.20 Å². The Balaban J connectivity index is 3.01. The van der Waals surface area contributed by atoms with Gasteiger partial charge in [0.2, 0.25) is 0 Å². The fraction of sp³-hybridized carbons (Fsp3) is 0.100. The predicted octanol–water partition coefficient (Wildman–Crippen LogP) is 2.86. The van der Waals surface area contributed by atoms with E-state index in [1.54, 1.807) is 24.3 Å². The van der Waals surface area contributed by atoms with Crippen LogP contribution in [0.1, 0.15) is 12.5 Å². The second kappa shape index (κ2) is 5.47. The maximum absolute atomic E-state index is 10.8. The maximum atomic E-state index is 10.8. The van der Waals surface area contributed by atoms with E-state index in [1.807, 2.05) is 6.07 Å². The van der Waals surface area contributed by atoms with Crippen molar-refractivity contribution in [1.82, 2.24) is 0 Å². The molecule has 0 saturated heterocycles. The smallest absolute Gasteiger partial charge is 0.308 e. The quantitative estimate of drug-likeness (QED) is 0.249. The molecule has 0 aliphatic carbocycles. The topological polar surface area (TPSA) is 75.1 Å². The number of azide groups is 1. The third-order valence-corrected chi connectivity index (χ3v) is 1.54. The molecular weight excluding hydrogens is 194 g/mol. The van der Waals surface area contributed by atoms with Crippen molar-refractivity contribution in [3.8, 4) is 0 Å². The van der Waals surface area contributed by atoms with Crippen LogP contribution in [0.4, 0.5) is 0 Å². The Morgan fingerprint density at radius 3 is 2.67 bits per heavy atom. The highest BCUT2D eigenvalue weighted by Gasteiger charge is 2.03. The van der Waals surface area contributed by atoms with Gasteiger partial charge in [-0.1, -0.05) is 35.4 Å². The number of ether oxygens (including phenoxy) is 1. The lowest BCUT2D eigenvalue weighted by atomic mass is 10.2. The normalized spacial score (nSPS) is 10.3. The number of carbonyl (C=O) groups excluding carboxylic acids is 1. The van der Waals surface area contributed by atoms with E-state index >= 15 is 0 Å². The summed E-state index contributed by atoms with van der Waals surface area (Å²) < 4.78 is 4.90. The molecule has 0 aliphatic rings. The van der Waals surface area contributed by atoms with Gasteiger partial charge in [-0.25, -0.2) is 0 Å². The van der Waals surface area contributed by atoms with Crippen molar-refractivity contribution in [2.75, 3.05) is 0 Å². The van der Waals surface area contributed by atoms with Gasteiger partial charge in [0, 0.05) is 23.6 Å². The van der Waals surface area contributed by atoms with E-state index in [9.17, 15) is 4.79 Å². The first-order valence-electron chi connectivity index (χ1n) is 4.22. The van der Waals surface area contributed by atoms with Crippen LogP contribution in [0.5, 0.6) is 0 Å². The van der Waals surface area contributed by atoms with Crippen molar-refractivity contribution in [2.24, 2.45) is 5.11 Å². The average Bonchev–Trinajstić information content (AvgIpc) is 2.25. The van der Waals surface area contributed by atoms with Gasteiger partial charge >= 0.3 is 5.97 Å². The molecule has 0 unspecified atom stereocenters. The summed E-state index contributed by atoms with van der Waals surface area (Å²) in [5.74, 6) is -0.223. The molecule has 0 spiro atoms. The van der Waals surface area contributed by atoms with Crippen LogP contribution in [0.2, 0.25) is 0 Å². The fourth-order valence-corrected chi connectivity index (χ4v) is 0.995. The monoisotopic (exact) mass is 203 g/mol. The minimum atomic E-state index is -0.460. The second-order valence-electron chi connectivity index (χ2n) is 2.66. The third-order valence-electron chi connectivity index (χ3n) is 1.54. The Labute approximate surface area is 86.6 Å². The molecule has 5 heteroatoms. The molecule has 0 heterocycles. The number of hydrogen-bond acceptors (Lipinski definition) is 3. The van der Waals surface area contributed by atoms with Crippen LogP contribution in [0.15, 0.2) is 41.6 Å². The number of rotatable bonds is 3. The van der Waals surface area contributed by atoms with Crippen molar-refractivity contribution < 1.29 is 9.53 Å². The first-order chi connectivity index (χ1) is 7.24. The average molecular weight is 203 g/mol. The molecule has 76 valence electrons. The molecule has 15 heavy (non-hydrogen) atoms. The number of esters is 1. The van der Waals surface area contributed by atoms with Crippen LogP contribution in [-0.4, -0.2) is 5.97 Å². The highest BCUT2D eigenvalue weighted by Crippen LogP contribution is 2.15. The van der Waals surface area contributed by atoms with Crippen LogP contribution in [0.25, 0.3) is 16.2 Å². The zero-order valence-electron chi connectivity index (χ0n) is 8.12. The lowest BCUT2D eigenvalue weighted by molar-refractivity contribution is -0.134. The molecule has 0 N–H and O–H groups in total. The molecule has 1 rings (SSSR count). The van der Waals surface area contributed by atoms with Gasteiger partial charge in [-0.05, 0) is 5.53 Å². The molecule has 0 amide bonds. The summed E-state index contributed by atoms with van der Waals surface area (Å²) in [6, 6.07) is 8.93. The third kappa shape index (κ3) is 3.54. The van der Waals surface area contributed by atoms with E-state index in [-0.39, 0.29) is 5.76 Å². The molecule has 0 saturated carbocycles. The van der Waals surface area contributed by atoms with E-state index < -0.39 is 5.97 Å². The van der Waals surface area contributed by atoms with Gasteiger partial charge in [-0.15, -0.1) is 0 Å². The van der Waals surface area contributed by atoms with Crippen molar-refractivity contribution in [3.05, 3.63) is 52.5 Å². The second-order valence-corrected chi connectivity index (χ2v) is 2.66. The zero-order chi connectivity index (χ0) is 11.1. The lowest BCUT2D eigenvalue weighted by Gasteiger charge is -2.05. The fourth-order valence-electron chi connectivity index (χ4n) is 0.995. The van der Waals surface area contributed by atoms with Crippen LogP contribution in [0.3, 0.4) is 0 Å². The number of carbonyl (C=O) groups is 1. The molecule has 0 radical (unpaired) electrons. The number of benzene rings is 1. The van der Waals surface area contributed by atoms with E-state index in [2.05, 4.69) is 10.0 Å². The summed E-state index contributed by atoms with van der Waals surface area (Å²) in [5.41, 5.74) is 8.85. The number of nitrogens with zero attached hydrogens (tertiary/aromatic N) is 3. The largest absolute Gasteiger partial charge is 0.426 e. The SMILES string of the molecule is CC(=O)O/C(=C\N=[N+]=[N-])c1ccccc1. The van der Waals surface area contributed by atoms with E-state index in [0.29, 0.717) is 5.56 Å². The first kappa shape index (κ1) is 10.8. The van der Waals surface area contributed by atoms with Crippen molar-refractivity contribution >= 4 is 11.7 Å². The van der Waals surface area contributed by atoms with Gasteiger partial charge in [-0.2, -0.15) is 0 Å². The Morgan fingerprint density at radius 2 is 2.13 bits per heavy atom. The Hall–Kier alpha value is -2.26. The predicted molar refractivity (Wildman–Crippen MR) is 55.3 cm³/mol. The Kier molecular flexibility index (Phi) is 3.94. The lowest BCUT2D eigenvalue weighted by Crippen LogP contribution is -1.97. The molecule has 1 aromatic carbocycles. The summed E-state index contributed by atoms with van der Waals surface area (Å²) in [4.78, 5) is 13.4. The molecule has 0 fully saturated rings. The molecule has 0 atom stereocenters. The van der Waals surface area contributed by atoms with E-state index in [1.165, 1.54) is 6.92 Å². The van der Waals surface area contributed by atoms with Gasteiger partial charge in [0.25, 0.3) is 0 Å². The molecule has 1 aromatic rings. The summed E-state index contributed by atoms with van der Waals surface area (Å²) >= 11 is 0. The zero-order valence-corrected chi connectivity index (χ0v) is 8.12. The molecule has 5 nitrogen and oxygen atoms in total. The van der Waals surface area contributed by atoms with Crippen LogP contribution < -0.4 is 0 Å².